The van der Waals surface area contributed by atoms with E-state index >= 15 is 0 Å². The van der Waals surface area contributed by atoms with E-state index in [-0.39, 0.29) is 24.4 Å². The van der Waals surface area contributed by atoms with Gasteiger partial charge in [0.25, 0.3) is 5.91 Å². The highest BCUT2D eigenvalue weighted by atomic mass is 16.5. The predicted octanol–water partition coefficient (Wildman–Crippen LogP) is 2.46. The number of methoxy groups -OCH3 is 2. The molecule has 0 saturated heterocycles. The van der Waals surface area contributed by atoms with Crippen molar-refractivity contribution in [2.45, 2.75) is 25.4 Å². The molecule has 1 N–H and O–H groups in total. The van der Waals surface area contributed by atoms with E-state index < -0.39 is 0 Å². The zero-order valence-electron chi connectivity index (χ0n) is 15.5. The third-order valence-corrected chi connectivity index (χ3v) is 5.29. The van der Waals surface area contributed by atoms with Crippen molar-refractivity contribution in [2.75, 3.05) is 20.8 Å². The molecular weight excluding hydrogens is 344 g/mol. The van der Waals surface area contributed by atoms with Gasteiger partial charge in [-0.25, -0.2) is 0 Å². The van der Waals surface area contributed by atoms with Crippen LogP contribution in [0.25, 0.3) is 0 Å². The molecule has 2 aromatic rings. The number of carbonyl (C=O) groups excluding carboxylic acids is 2. The molecule has 27 heavy (non-hydrogen) atoms. The van der Waals surface area contributed by atoms with Crippen LogP contribution < -0.4 is 14.8 Å². The Bertz CT molecular complexity index is 909. The minimum absolute atomic E-state index is 0.0621. The van der Waals surface area contributed by atoms with Crippen molar-refractivity contribution in [1.82, 2.24) is 10.2 Å². The number of fused-ring (bicyclic) bond motifs is 2. The largest absolute Gasteiger partial charge is 0.493 e. The molecule has 6 heteroatoms. The molecule has 2 aromatic carbocycles. The van der Waals surface area contributed by atoms with Gasteiger partial charge in [-0.3, -0.25) is 9.59 Å². The molecule has 0 saturated carbocycles. The van der Waals surface area contributed by atoms with Crippen molar-refractivity contribution >= 4 is 11.8 Å². The first-order chi connectivity index (χ1) is 13.1. The number of nitrogens with one attached hydrogen (secondary N) is 1. The Labute approximate surface area is 158 Å². The van der Waals surface area contributed by atoms with E-state index in [9.17, 15) is 9.59 Å². The number of rotatable bonds is 5. The van der Waals surface area contributed by atoms with Gasteiger partial charge in [0.15, 0.2) is 11.5 Å². The number of nitrogens with zero attached hydrogens (tertiary/aromatic N) is 1. The van der Waals surface area contributed by atoms with Gasteiger partial charge in [0, 0.05) is 12.1 Å². The summed E-state index contributed by atoms with van der Waals surface area (Å²) in [5.74, 6) is 1.12. The van der Waals surface area contributed by atoms with E-state index in [1.807, 2.05) is 36.4 Å². The van der Waals surface area contributed by atoms with Crippen LogP contribution in [-0.4, -0.2) is 37.5 Å². The molecule has 0 aromatic heterocycles. The Kier molecular flexibility index (Phi) is 4.48. The van der Waals surface area contributed by atoms with Crippen LogP contribution in [-0.2, 0) is 17.8 Å². The topological polar surface area (TPSA) is 67.9 Å². The van der Waals surface area contributed by atoms with Crippen LogP contribution in [0.4, 0.5) is 0 Å². The standard InChI is InChI=1S/C21H22N2O4/c1-26-18-9-13-7-8-17(16(13)10-19(18)27-2)22-20(24)12-23-11-14-5-3-4-6-15(14)21(23)25/h3-6,9-10,17H,7-8,11-12H2,1-2H3,(H,22,24). The molecule has 1 unspecified atom stereocenters. The minimum Gasteiger partial charge on any atom is -0.493 e. The fourth-order valence-corrected chi connectivity index (χ4v) is 3.94. The van der Waals surface area contributed by atoms with Crippen LogP contribution >= 0.6 is 0 Å². The van der Waals surface area contributed by atoms with Crippen molar-refractivity contribution in [1.29, 1.82) is 0 Å². The van der Waals surface area contributed by atoms with Gasteiger partial charge in [-0.05, 0) is 47.7 Å². The maximum absolute atomic E-state index is 12.6. The Balaban J connectivity index is 1.44. The lowest BCUT2D eigenvalue weighted by atomic mass is 10.1. The van der Waals surface area contributed by atoms with E-state index in [0.29, 0.717) is 23.6 Å². The van der Waals surface area contributed by atoms with Crippen LogP contribution in [0, 0.1) is 0 Å². The molecule has 2 aliphatic rings. The summed E-state index contributed by atoms with van der Waals surface area (Å²) in [6, 6.07) is 11.3. The maximum Gasteiger partial charge on any atom is 0.254 e. The van der Waals surface area contributed by atoms with Gasteiger partial charge < -0.3 is 19.7 Å². The fraction of sp³-hybridized carbons (Fsp3) is 0.333. The smallest absolute Gasteiger partial charge is 0.254 e. The van der Waals surface area contributed by atoms with Gasteiger partial charge in [-0.2, -0.15) is 0 Å². The highest BCUT2D eigenvalue weighted by Crippen LogP contribution is 2.39. The number of carbonyl (C=O) groups is 2. The molecule has 1 aliphatic heterocycles. The van der Waals surface area contributed by atoms with E-state index in [1.165, 1.54) is 0 Å². The van der Waals surface area contributed by atoms with Gasteiger partial charge >= 0.3 is 0 Å². The van der Waals surface area contributed by atoms with Gasteiger partial charge in [-0.15, -0.1) is 0 Å². The average Bonchev–Trinajstić information content (AvgIpc) is 3.21. The lowest BCUT2D eigenvalue weighted by Crippen LogP contribution is -2.38. The van der Waals surface area contributed by atoms with E-state index in [4.69, 9.17) is 9.47 Å². The summed E-state index contributed by atoms with van der Waals surface area (Å²) in [5.41, 5.74) is 3.87. The van der Waals surface area contributed by atoms with Crippen molar-refractivity contribution in [3.63, 3.8) is 0 Å². The third-order valence-electron chi connectivity index (χ3n) is 5.29. The van der Waals surface area contributed by atoms with Crippen LogP contribution in [0.3, 0.4) is 0 Å². The molecule has 0 bridgehead atoms. The lowest BCUT2D eigenvalue weighted by molar-refractivity contribution is -0.122. The van der Waals surface area contributed by atoms with Crippen molar-refractivity contribution in [2.24, 2.45) is 0 Å². The third kappa shape index (κ3) is 3.12. The van der Waals surface area contributed by atoms with Gasteiger partial charge in [0.1, 0.15) is 6.54 Å². The van der Waals surface area contributed by atoms with Crippen molar-refractivity contribution in [3.8, 4) is 11.5 Å². The summed E-state index contributed by atoms with van der Waals surface area (Å²) in [4.78, 5) is 26.6. The van der Waals surface area contributed by atoms with E-state index in [1.54, 1.807) is 19.1 Å². The van der Waals surface area contributed by atoms with Gasteiger partial charge in [0.05, 0.1) is 20.3 Å². The number of benzene rings is 2. The summed E-state index contributed by atoms with van der Waals surface area (Å²) < 4.78 is 10.7. The number of aryl methyl sites for hydroxylation is 1. The van der Waals surface area contributed by atoms with Gasteiger partial charge in [0.2, 0.25) is 5.91 Å². The molecule has 0 spiro atoms. The van der Waals surface area contributed by atoms with Crippen LogP contribution in [0.15, 0.2) is 36.4 Å². The van der Waals surface area contributed by atoms with Crippen LogP contribution in [0.1, 0.15) is 39.5 Å². The fourth-order valence-electron chi connectivity index (χ4n) is 3.94. The molecule has 140 valence electrons. The monoisotopic (exact) mass is 366 g/mol. The number of ether oxygens (including phenoxy) is 2. The second-order valence-corrected chi connectivity index (χ2v) is 6.88. The SMILES string of the molecule is COc1cc2c(cc1OC)C(NC(=O)CN1Cc3ccccc3C1=O)CC2. The first-order valence-corrected chi connectivity index (χ1v) is 9.02. The maximum atomic E-state index is 12.6. The van der Waals surface area contributed by atoms with Crippen LogP contribution in [0.5, 0.6) is 11.5 Å². The second-order valence-electron chi connectivity index (χ2n) is 6.88. The molecule has 1 aliphatic carbocycles. The van der Waals surface area contributed by atoms with E-state index in [2.05, 4.69) is 5.32 Å². The average molecular weight is 366 g/mol. The molecule has 2 amide bonds. The molecule has 4 rings (SSSR count). The molecule has 0 radical (unpaired) electrons. The summed E-state index contributed by atoms with van der Waals surface area (Å²) in [5, 5.41) is 3.07. The van der Waals surface area contributed by atoms with Crippen LogP contribution in [0.2, 0.25) is 0 Å². The highest BCUT2D eigenvalue weighted by Gasteiger charge is 2.30. The molecule has 1 atom stereocenters. The number of hydrogen-bond donors (Lipinski definition) is 1. The Morgan fingerprint density at radius 1 is 1.15 bits per heavy atom. The first kappa shape index (κ1) is 17.4. The quantitative estimate of drug-likeness (QED) is 0.883. The zero-order valence-corrected chi connectivity index (χ0v) is 15.5. The Morgan fingerprint density at radius 3 is 2.63 bits per heavy atom. The van der Waals surface area contributed by atoms with Crippen molar-refractivity contribution in [3.05, 3.63) is 58.7 Å². The highest BCUT2D eigenvalue weighted by molar-refractivity contribution is 6.00. The number of hydrogen-bond acceptors (Lipinski definition) is 4. The summed E-state index contributed by atoms with van der Waals surface area (Å²) in [7, 11) is 3.22. The van der Waals surface area contributed by atoms with Crippen molar-refractivity contribution < 1.29 is 19.1 Å². The summed E-state index contributed by atoms with van der Waals surface area (Å²) in [6.45, 7) is 0.543. The zero-order chi connectivity index (χ0) is 19.0. The molecular formula is C21H22N2O4. The number of amides is 2. The molecule has 6 nitrogen and oxygen atoms in total. The Morgan fingerprint density at radius 2 is 1.89 bits per heavy atom. The minimum atomic E-state index is -0.149. The first-order valence-electron chi connectivity index (χ1n) is 9.02. The molecule has 1 heterocycles. The summed E-state index contributed by atoms with van der Waals surface area (Å²) >= 11 is 0. The normalized spacial score (nSPS) is 17.5. The van der Waals surface area contributed by atoms with Gasteiger partial charge in [-0.1, -0.05) is 18.2 Å². The molecule has 0 fully saturated rings. The summed E-state index contributed by atoms with van der Waals surface area (Å²) in [6.07, 6.45) is 1.69. The van der Waals surface area contributed by atoms with E-state index in [0.717, 1.165) is 29.5 Å². The second kappa shape index (κ2) is 6.95. The predicted molar refractivity (Wildman–Crippen MR) is 99.9 cm³/mol. The Hall–Kier alpha value is -3.02. The lowest BCUT2D eigenvalue weighted by Gasteiger charge is -2.19.